The van der Waals surface area contributed by atoms with Crippen molar-refractivity contribution in [2.75, 3.05) is 19.8 Å². The Labute approximate surface area is 64.7 Å². The lowest BCUT2D eigenvalue weighted by Gasteiger charge is -2.07. The largest absolute Gasteiger partial charge is 0.396 e. The molecule has 66 valence electrons. The summed E-state index contributed by atoms with van der Waals surface area (Å²) < 4.78 is 0. The number of aliphatic hydroxyl groups is 3. The number of hydrogen-bond donors (Lipinski definition) is 4. The van der Waals surface area contributed by atoms with E-state index in [1.165, 1.54) is 0 Å². The van der Waals surface area contributed by atoms with Crippen molar-refractivity contribution in [2.24, 2.45) is 0 Å². The molecule has 0 heterocycles. The summed E-state index contributed by atoms with van der Waals surface area (Å²) in [6.45, 7) is -0.560. The highest BCUT2D eigenvalue weighted by molar-refractivity contribution is 5.75. The van der Waals surface area contributed by atoms with Crippen LogP contribution in [0.1, 0.15) is 6.42 Å². The summed E-state index contributed by atoms with van der Waals surface area (Å²) in [5.41, 5.74) is 0. The summed E-state index contributed by atoms with van der Waals surface area (Å²) in [7, 11) is 0. The van der Waals surface area contributed by atoms with Crippen molar-refractivity contribution in [1.82, 2.24) is 5.32 Å². The Morgan fingerprint density at radius 2 is 2.09 bits per heavy atom. The van der Waals surface area contributed by atoms with E-state index in [1.807, 2.05) is 0 Å². The van der Waals surface area contributed by atoms with E-state index in [4.69, 9.17) is 15.3 Å². The van der Waals surface area contributed by atoms with Crippen LogP contribution < -0.4 is 5.32 Å². The second-order valence-electron chi connectivity index (χ2n) is 2.11. The van der Waals surface area contributed by atoms with Gasteiger partial charge in [0.05, 0.1) is 19.3 Å². The first-order chi connectivity index (χ1) is 5.20. The number of amides is 1. The molecule has 0 radical (unpaired) electrons. The lowest BCUT2D eigenvalue weighted by molar-refractivity contribution is -0.122. The predicted molar refractivity (Wildman–Crippen MR) is 37.8 cm³/mol. The molecule has 4 N–H and O–H groups in total. The fraction of sp³-hybridized carbons (Fsp3) is 0.833. The van der Waals surface area contributed by atoms with Gasteiger partial charge < -0.3 is 20.6 Å². The molecule has 0 rings (SSSR count). The van der Waals surface area contributed by atoms with Crippen molar-refractivity contribution in [3.05, 3.63) is 0 Å². The molecule has 1 atom stereocenters. The van der Waals surface area contributed by atoms with Gasteiger partial charge in [-0.2, -0.15) is 0 Å². The lowest BCUT2D eigenvalue weighted by atomic mass is 10.3. The number of rotatable bonds is 5. The minimum Gasteiger partial charge on any atom is -0.396 e. The molecule has 0 aromatic heterocycles. The van der Waals surface area contributed by atoms with E-state index in [-0.39, 0.29) is 32.1 Å². The summed E-state index contributed by atoms with van der Waals surface area (Å²) in [5, 5.41) is 27.7. The van der Waals surface area contributed by atoms with Crippen LogP contribution in [0.15, 0.2) is 0 Å². The summed E-state index contributed by atoms with van der Waals surface area (Å²) in [5.74, 6) is -0.333. The molecule has 0 saturated heterocycles. The maximum absolute atomic E-state index is 10.6. The van der Waals surface area contributed by atoms with Crippen LogP contribution in [0.2, 0.25) is 0 Å². The average Bonchev–Trinajstić information content (AvgIpc) is 2.01. The summed E-state index contributed by atoms with van der Waals surface area (Å²) in [4.78, 5) is 10.6. The minimum atomic E-state index is -0.919. The second-order valence-corrected chi connectivity index (χ2v) is 2.11. The summed E-state index contributed by atoms with van der Waals surface area (Å²) in [6.07, 6.45) is -0.893. The van der Waals surface area contributed by atoms with Gasteiger partial charge in [0, 0.05) is 13.0 Å². The van der Waals surface area contributed by atoms with Gasteiger partial charge in [-0.3, -0.25) is 4.79 Å². The average molecular weight is 163 g/mol. The van der Waals surface area contributed by atoms with Crippen molar-refractivity contribution in [2.45, 2.75) is 12.5 Å². The first kappa shape index (κ1) is 10.3. The van der Waals surface area contributed by atoms with Crippen LogP contribution in [-0.2, 0) is 4.79 Å². The van der Waals surface area contributed by atoms with E-state index in [1.54, 1.807) is 0 Å². The van der Waals surface area contributed by atoms with E-state index in [2.05, 4.69) is 5.32 Å². The molecule has 0 saturated carbocycles. The van der Waals surface area contributed by atoms with Crippen LogP contribution in [-0.4, -0.2) is 47.1 Å². The molecule has 0 aromatic carbocycles. The van der Waals surface area contributed by atoms with E-state index in [9.17, 15) is 4.79 Å². The third kappa shape index (κ3) is 5.78. The number of hydrogen-bond acceptors (Lipinski definition) is 4. The first-order valence-corrected chi connectivity index (χ1v) is 3.37. The summed E-state index contributed by atoms with van der Waals surface area (Å²) >= 11 is 0. The Hall–Kier alpha value is -0.650. The van der Waals surface area contributed by atoms with Gasteiger partial charge in [-0.25, -0.2) is 0 Å². The van der Waals surface area contributed by atoms with Crippen molar-refractivity contribution in [3.8, 4) is 0 Å². The second kappa shape index (κ2) is 6.09. The molecular weight excluding hydrogens is 150 g/mol. The molecule has 1 unspecified atom stereocenters. The quantitative estimate of drug-likeness (QED) is 0.371. The number of aliphatic hydroxyl groups excluding tert-OH is 3. The van der Waals surface area contributed by atoms with Crippen LogP contribution in [0.25, 0.3) is 0 Å². The van der Waals surface area contributed by atoms with Gasteiger partial charge in [-0.05, 0) is 0 Å². The highest BCUT2D eigenvalue weighted by atomic mass is 16.3. The van der Waals surface area contributed by atoms with E-state index < -0.39 is 6.10 Å². The molecular formula is C6H13NO4. The number of carbonyl (C=O) groups is 1. The third-order valence-electron chi connectivity index (χ3n) is 1.08. The van der Waals surface area contributed by atoms with Gasteiger partial charge in [0.25, 0.3) is 0 Å². The van der Waals surface area contributed by atoms with Crippen molar-refractivity contribution < 1.29 is 20.1 Å². The van der Waals surface area contributed by atoms with Crippen LogP contribution in [0.3, 0.4) is 0 Å². The highest BCUT2D eigenvalue weighted by Crippen LogP contribution is 1.79. The van der Waals surface area contributed by atoms with Crippen molar-refractivity contribution in [3.63, 3.8) is 0 Å². The molecule has 5 nitrogen and oxygen atoms in total. The van der Waals surface area contributed by atoms with Gasteiger partial charge in [0.15, 0.2) is 0 Å². The third-order valence-corrected chi connectivity index (χ3v) is 1.08. The molecule has 0 aromatic rings. The minimum absolute atomic E-state index is 0.0231. The number of nitrogens with one attached hydrogen (secondary N) is 1. The van der Waals surface area contributed by atoms with Crippen LogP contribution in [0.4, 0.5) is 0 Å². The molecule has 0 aliphatic heterocycles. The molecule has 0 aliphatic carbocycles. The Bertz CT molecular complexity index is 117. The van der Waals surface area contributed by atoms with Gasteiger partial charge in [0.2, 0.25) is 5.91 Å². The normalized spacial score (nSPS) is 12.6. The highest BCUT2D eigenvalue weighted by Gasteiger charge is 2.03. The van der Waals surface area contributed by atoms with E-state index in [0.717, 1.165) is 0 Å². The molecule has 0 fully saturated rings. The Morgan fingerprint density at radius 1 is 1.45 bits per heavy atom. The van der Waals surface area contributed by atoms with E-state index >= 15 is 0 Å². The van der Waals surface area contributed by atoms with E-state index in [0.29, 0.717) is 0 Å². The zero-order valence-electron chi connectivity index (χ0n) is 6.16. The number of carbonyl (C=O) groups excluding carboxylic acids is 1. The van der Waals surface area contributed by atoms with Gasteiger partial charge in [-0.15, -0.1) is 0 Å². The Balaban J connectivity index is 3.30. The van der Waals surface area contributed by atoms with Crippen molar-refractivity contribution in [1.29, 1.82) is 0 Å². The molecule has 0 spiro atoms. The van der Waals surface area contributed by atoms with Crippen LogP contribution >= 0.6 is 0 Å². The van der Waals surface area contributed by atoms with Gasteiger partial charge >= 0.3 is 0 Å². The SMILES string of the molecule is O=C(CCO)NCC(O)CO. The molecule has 0 bridgehead atoms. The zero-order chi connectivity index (χ0) is 8.69. The predicted octanol–water partition coefficient (Wildman–Crippen LogP) is -2.16. The standard InChI is InChI=1S/C6H13NO4/c8-2-1-6(11)7-3-5(10)4-9/h5,8-10H,1-4H2,(H,7,11). The lowest BCUT2D eigenvalue weighted by Crippen LogP contribution is -2.34. The maximum Gasteiger partial charge on any atom is 0.222 e. The van der Waals surface area contributed by atoms with Crippen LogP contribution in [0, 0.1) is 0 Å². The fourth-order valence-corrected chi connectivity index (χ4v) is 0.486. The smallest absolute Gasteiger partial charge is 0.222 e. The Morgan fingerprint density at radius 3 is 2.55 bits per heavy atom. The maximum atomic E-state index is 10.6. The van der Waals surface area contributed by atoms with Gasteiger partial charge in [0.1, 0.15) is 0 Å². The molecule has 0 aliphatic rings. The first-order valence-electron chi connectivity index (χ1n) is 3.37. The van der Waals surface area contributed by atoms with Crippen LogP contribution in [0.5, 0.6) is 0 Å². The molecule has 1 amide bonds. The fourth-order valence-electron chi connectivity index (χ4n) is 0.486. The molecule has 5 heteroatoms. The molecule has 11 heavy (non-hydrogen) atoms. The summed E-state index contributed by atoms with van der Waals surface area (Å²) in [6, 6.07) is 0. The Kier molecular flexibility index (Phi) is 5.73. The monoisotopic (exact) mass is 163 g/mol. The van der Waals surface area contributed by atoms with Gasteiger partial charge in [-0.1, -0.05) is 0 Å². The van der Waals surface area contributed by atoms with Crippen molar-refractivity contribution >= 4 is 5.91 Å². The topological polar surface area (TPSA) is 89.8 Å². The zero-order valence-corrected chi connectivity index (χ0v) is 6.16.